The summed E-state index contributed by atoms with van der Waals surface area (Å²) in [6.07, 6.45) is 0.155. The Bertz CT molecular complexity index is 886. The molecule has 1 amide bonds. The van der Waals surface area contributed by atoms with Gasteiger partial charge in [-0.25, -0.2) is 12.7 Å². The number of hydrogen-bond donors (Lipinski definition) is 1. The van der Waals surface area contributed by atoms with E-state index >= 15 is 0 Å². The fourth-order valence-corrected chi connectivity index (χ4v) is 3.89. The topological polar surface area (TPSA) is 83.5 Å². The molecule has 0 saturated heterocycles. The van der Waals surface area contributed by atoms with Gasteiger partial charge in [-0.05, 0) is 37.3 Å². The van der Waals surface area contributed by atoms with Crippen LogP contribution in [0, 0.1) is 6.92 Å². The molecule has 2 rings (SSSR count). The van der Waals surface area contributed by atoms with Crippen LogP contribution < -0.4 is 5.32 Å². The minimum Gasteiger partial charge on any atom is -0.326 e. The first kappa shape index (κ1) is 19.3. The highest BCUT2D eigenvalue weighted by molar-refractivity contribution is 7.89. The third-order valence-electron chi connectivity index (χ3n) is 3.49. The molecule has 0 aliphatic carbocycles. The van der Waals surface area contributed by atoms with Gasteiger partial charge in [-0.2, -0.15) is 0 Å². The maximum Gasteiger partial charge on any atom is 0.242 e. The summed E-state index contributed by atoms with van der Waals surface area (Å²) in [5.41, 5.74) is 0.382. The van der Waals surface area contributed by atoms with Crippen molar-refractivity contribution >= 4 is 38.7 Å². The molecule has 25 heavy (non-hydrogen) atoms. The molecular weight excluding hydrogens is 360 g/mol. The molecule has 1 aromatic heterocycles. The standard InChI is InChI=1S/C17H20N2O4S2/c1-12-7-9-16(24-12)15(20)8-10-17(21)18-13-5-4-6-14(11-13)25(22,23)19(2)3/h4-7,9,11H,8,10H2,1-3H3,(H,18,21). The van der Waals surface area contributed by atoms with E-state index in [4.69, 9.17) is 0 Å². The van der Waals surface area contributed by atoms with E-state index in [1.807, 2.05) is 13.0 Å². The number of carbonyl (C=O) groups is 2. The van der Waals surface area contributed by atoms with Gasteiger partial charge in [0.05, 0.1) is 9.77 Å². The van der Waals surface area contributed by atoms with Crippen molar-refractivity contribution in [1.82, 2.24) is 4.31 Å². The number of carbonyl (C=O) groups excluding carboxylic acids is 2. The van der Waals surface area contributed by atoms with E-state index in [0.717, 1.165) is 9.18 Å². The fourth-order valence-electron chi connectivity index (χ4n) is 2.10. The zero-order valence-corrected chi connectivity index (χ0v) is 15.9. The number of ketones is 1. The Morgan fingerprint density at radius 1 is 1.12 bits per heavy atom. The van der Waals surface area contributed by atoms with Gasteiger partial charge in [0, 0.05) is 37.5 Å². The number of nitrogens with zero attached hydrogens (tertiary/aromatic N) is 1. The molecule has 8 heteroatoms. The van der Waals surface area contributed by atoms with E-state index in [-0.39, 0.29) is 29.4 Å². The first-order chi connectivity index (χ1) is 11.7. The zero-order chi connectivity index (χ0) is 18.6. The number of Topliss-reactive ketones (excluding diaryl/α,β-unsaturated/α-hetero) is 1. The van der Waals surface area contributed by atoms with Crippen LogP contribution in [0.15, 0.2) is 41.3 Å². The number of aryl methyl sites for hydroxylation is 1. The van der Waals surface area contributed by atoms with E-state index in [1.54, 1.807) is 18.2 Å². The SMILES string of the molecule is Cc1ccc(C(=O)CCC(=O)Nc2cccc(S(=O)(=O)N(C)C)c2)s1. The highest BCUT2D eigenvalue weighted by atomic mass is 32.2. The smallest absolute Gasteiger partial charge is 0.242 e. The summed E-state index contributed by atoms with van der Waals surface area (Å²) >= 11 is 1.41. The van der Waals surface area contributed by atoms with Crippen molar-refractivity contribution < 1.29 is 18.0 Å². The van der Waals surface area contributed by atoms with Crippen LogP contribution in [0.2, 0.25) is 0 Å². The molecule has 0 bridgehead atoms. The van der Waals surface area contributed by atoms with Crippen molar-refractivity contribution in [3.8, 4) is 0 Å². The number of rotatable bonds is 7. The second-order valence-electron chi connectivity index (χ2n) is 5.70. The predicted molar refractivity (Wildman–Crippen MR) is 98.6 cm³/mol. The summed E-state index contributed by atoms with van der Waals surface area (Å²) in [6.45, 7) is 1.92. The van der Waals surface area contributed by atoms with E-state index in [1.165, 1.54) is 37.6 Å². The lowest BCUT2D eigenvalue weighted by molar-refractivity contribution is -0.116. The second kappa shape index (κ2) is 7.90. The van der Waals surface area contributed by atoms with Crippen molar-refractivity contribution in [2.24, 2.45) is 0 Å². The van der Waals surface area contributed by atoms with E-state index in [0.29, 0.717) is 10.6 Å². The number of anilines is 1. The van der Waals surface area contributed by atoms with Crippen LogP contribution >= 0.6 is 11.3 Å². The minimum atomic E-state index is -3.57. The average Bonchev–Trinajstić information content (AvgIpc) is 2.99. The summed E-state index contributed by atoms with van der Waals surface area (Å²) in [5, 5.41) is 2.63. The molecule has 0 radical (unpaired) electrons. The highest BCUT2D eigenvalue weighted by Crippen LogP contribution is 2.19. The first-order valence-corrected chi connectivity index (χ1v) is 9.88. The molecule has 0 unspecified atom stereocenters. The maximum atomic E-state index is 12.1. The normalized spacial score (nSPS) is 11.5. The van der Waals surface area contributed by atoms with Gasteiger partial charge in [-0.15, -0.1) is 11.3 Å². The molecular formula is C17H20N2O4S2. The third-order valence-corrected chi connectivity index (χ3v) is 6.34. The lowest BCUT2D eigenvalue weighted by atomic mass is 10.2. The third kappa shape index (κ3) is 4.97. The number of nitrogens with one attached hydrogen (secondary N) is 1. The van der Waals surface area contributed by atoms with Crippen LogP contribution in [0.25, 0.3) is 0 Å². The van der Waals surface area contributed by atoms with E-state index in [2.05, 4.69) is 5.32 Å². The lowest BCUT2D eigenvalue weighted by Crippen LogP contribution is -2.22. The van der Waals surface area contributed by atoms with Gasteiger partial charge in [0.25, 0.3) is 0 Å². The molecule has 0 fully saturated rings. The number of thiophene rings is 1. The van der Waals surface area contributed by atoms with Crippen LogP contribution in [0.5, 0.6) is 0 Å². The van der Waals surface area contributed by atoms with Crippen LogP contribution in [-0.2, 0) is 14.8 Å². The Morgan fingerprint density at radius 3 is 2.44 bits per heavy atom. The summed E-state index contributed by atoms with van der Waals surface area (Å²) in [7, 11) is -0.679. The molecule has 1 heterocycles. The molecule has 0 spiro atoms. The van der Waals surface area contributed by atoms with Crippen molar-refractivity contribution in [2.45, 2.75) is 24.7 Å². The van der Waals surface area contributed by atoms with Gasteiger partial charge in [0.15, 0.2) is 5.78 Å². The number of hydrogen-bond acceptors (Lipinski definition) is 5. The molecule has 6 nitrogen and oxygen atoms in total. The molecule has 0 aliphatic heterocycles. The van der Waals surface area contributed by atoms with Crippen molar-refractivity contribution in [1.29, 1.82) is 0 Å². The van der Waals surface area contributed by atoms with Gasteiger partial charge in [-0.1, -0.05) is 6.07 Å². The van der Waals surface area contributed by atoms with Crippen LogP contribution in [-0.4, -0.2) is 38.5 Å². The van der Waals surface area contributed by atoms with Gasteiger partial charge >= 0.3 is 0 Å². The van der Waals surface area contributed by atoms with Crippen LogP contribution in [0.1, 0.15) is 27.4 Å². The molecule has 1 aromatic carbocycles. The lowest BCUT2D eigenvalue weighted by Gasteiger charge is -2.12. The molecule has 1 N–H and O–H groups in total. The quantitative estimate of drug-likeness (QED) is 0.749. The Labute approximate surface area is 151 Å². The summed E-state index contributed by atoms with van der Waals surface area (Å²) in [4.78, 5) is 25.8. The molecule has 134 valence electrons. The van der Waals surface area contributed by atoms with Crippen molar-refractivity contribution in [3.63, 3.8) is 0 Å². The molecule has 0 aliphatic rings. The molecule has 2 aromatic rings. The molecule has 0 atom stereocenters. The highest BCUT2D eigenvalue weighted by Gasteiger charge is 2.18. The summed E-state index contributed by atoms with van der Waals surface area (Å²) in [5.74, 6) is -0.404. The summed E-state index contributed by atoms with van der Waals surface area (Å²) < 4.78 is 25.3. The maximum absolute atomic E-state index is 12.1. The summed E-state index contributed by atoms with van der Waals surface area (Å²) in [6, 6.07) is 9.67. The van der Waals surface area contributed by atoms with Gasteiger partial charge in [0.1, 0.15) is 0 Å². The van der Waals surface area contributed by atoms with Crippen LogP contribution in [0.3, 0.4) is 0 Å². The fraction of sp³-hybridized carbons (Fsp3) is 0.294. The zero-order valence-electron chi connectivity index (χ0n) is 14.3. The Hall–Kier alpha value is -2.03. The predicted octanol–water partition coefficient (Wildman–Crippen LogP) is 2.91. The largest absolute Gasteiger partial charge is 0.326 e. The van der Waals surface area contributed by atoms with E-state index < -0.39 is 10.0 Å². The van der Waals surface area contributed by atoms with E-state index in [9.17, 15) is 18.0 Å². The van der Waals surface area contributed by atoms with Crippen LogP contribution in [0.4, 0.5) is 5.69 Å². The number of amides is 1. The van der Waals surface area contributed by atoms with Gasteiger partial charge < -0.3 is 5.32 Å². The Balaban J connectivity index is 1.98. The monoisotopic (exact) mass is 380 g/mol. The second-order valence-corrected chi connectivity index (χ2v) is 9.14. The average molecular weight is 380 g/mol. The first-order valence-electron chi connectivity index (χ1n) is 7.62. The van der Waals surface area contributed by atoms with Crippen molar-refractivity contribution in [2.75, 3.05) is 19.4 Å². The molecule has 0 saturated carbocycles. The Morgan fingerprint density at radius 2 is 1.84 bits per heavy atom. The van der Waals surface area contributed by atoms with Gasteiger partial charge in [0.2, 0.25) is 15.9 Å². The minimum absolute atomic E-state index is 0.0421. The Kier molecular flexibility index (Phi) is 6.10. The number of sulfonamides is 1. The van der Waals surface area contributed by atoms with Gasteiger partial charge in [-0.3, -0.25) is 9.59 Å². The van der Waals surface area contributed by atoms with Crippen molar-refractivity contribution in [3.05, 3.63) is 46.2 Å². The number of benzene rings is 1.